The van der Waals surface area contributed by atoms with E-state index in [4.69, 9.17) is 14.2 Å². The van der Waals surface area contributed by atoms with Gasteiger partial charge in [0.15, 0.2) is 0 Å². The first kappa shape index (κ1) is 28.7. The molecule has 0 aliphatic carbocycles. The Kier molecular flexibility index (Phi) is 8.38. The fourth-order valence-electron chi connectivity index (χ4n) is 3.56. The maximum absolute atomic E-state index is 13.0. The molecule has 0 fully saturated rings. The number of hydrogen-bond donors (Lipinski definition) is 3. The lowest BCUT2D eigenvalue weighted by Crippen LogP contribution is -2.17. The van der Waals surface area contributed by atoms with E-state index in [-0.39, 0.29) is 50.6 Å². The second-order valence-corrected chi connectivity index (χ2v) is 8.47. The largest absolute Gasteiger partial charge is 0.478 e. The average molecular weight is 570 g/mol. The number of esters is 3. The van der Waals surface area contributed by atoms with Gasteiger partial charge in [-0.25, -0.2) is 28.8 Å². The molecule has 12 heteroatoms. The Labute approximate surface area is 235 Å². The topological polar surface area (TPSA) is 191 Å². The molecule has 0 aliphatic heterocycles. The molecule has 0 saturated heterocycles. The monoisotopic (exact) mass is 570 g/mol. The molecule has 42 heavy (non-hydrogen) atoms. The molecule has 0 saturated carbocycles. The van der Waals surface area contributed by atoms with Gasteiger partial charge in [-0.2, -0.15) is 0 Å². The van der Waals surface area contributed by atoms with E-state index in [0.717, 1.165) is 36.4 Å². The van der Waals surface area contributed by atoms with Gasteiger partial charge in [-0.3, -0.25) is 0 Å². The summed E-state index contributed by atoms with van der Waals surface area (Å²) in [5.74, 6) is -7.38. The molecular weight excluding hydrogens is 552 g/mol. The van der Waals surface area contributed by atoms with Crippen LogP contribution in [0.3, 0.4) is 0 Å². The van der Waals surface area contributed by atoms with Crippen LogP contribution in [-0.2, 0) is 0 Å². The first-order valence-corrected chi connectivity index (χ1v) is 11.8. The average Bonchev–Trinajstić information content (AvgIpc) is 2.97. The van der Waals surface area contributed by atoms with Crippen LogP contribution < -0.4 is 14.2 Å². The normalized spacial score (nSPS) is 10.3. The van der Waals surface area contributed by atoms with E-state index in [1.54, 1.807) is 0 Å². The van der Waals surface area contributed by atoms with E-state index < -0.39 is 35.8 Å². The van der Waals surface area contributed by atoms with E-state index in [2.05, 4.69) is 0 Å². The van der Waals surface area contributed by atoms with Crippen LogP contribution in [0, 0.1) is 0 Å². The van der Waals surface area contributed by atoms with Gasteiger partial charge >= 0.3 is 35.8 Å². The maximum Gasteiger partial charge on any atom is 0.343 e. The second-order valence-electron chi connectivity index (χ2n) is 8.47. The van der Waals surface area contributed by atoms with Crippen molar-refractivity contribution < 1.29 is 58.3 Å². The fourth-order valence-corrected chi connectivity index (χ4v) is 3.56. The quantitative estimate of drug-likeness (QED) is 0.190. The van der Waals surface area contributed by atoms with Gasteiger partial charge in [-0.15, -0.1) is 0 Å². The van der Waals surface area contributed by atoms with Crippen molar-refractivity contribution in [3.05, 3.63) is 124 Å². The smallest absolute Gasteiger partial charge is 0.343 e. The molecule has 12 nitrogen and oxygen atoms in total. The van der Waals surface area contributed by atoms with E-state index in [1.165, 1.54) is 54.6 Å². The number of carboxylic acid groups (broad SMARTS) is 3. The number of carboxylic acids is 3. The Hall–Kier alpha value is -6.30. The number of hydrogen-bond acceptors (Lipinski definition) is 9. The molecule has 0 radical (unpaired) electrons. The molecule has 0 unspecified atom stereocenters. The second kappa shape index (κ2) is 12.3. The van der Waals surface area contributed by atoms with Gasteiger partial charge < -0.3 is 29.5 Å². The highest BCUT2D eigenvalue weighted by Crippen LogP contribution is 2.22. The molecule has 4 aromatic carbocycles. The van der Waals surface area contributed by atoms with Gasteiger partial charge in [0, 0.05) is 0 Å². The van der Waals surface area contributed by atoms with Crippen LogP contribution in [0.15, 0.2) is 91.0 Å². The number of carbonyl (C=O) groups excluding carboxylic acids is 3. The Morgan fingerprint density at radius 2 is 0.643 bits per heavy atom. The predicted molar refractivity (Wildman–Crippen MR) is 142 cm³/mol. The van der Waals surface area contributed by atoms with Crippen molar-refractivity contribution >= 4 is 35.8 Å². The molecule has 3 N–H and O–H groups in total. The van der Waals surface area contributed by atoms with Gasteiger partial charge in [-0.05, 0) is 72.8 Å². The van der Waals surface area contributed by atoms with Crippen molar-refractivity contribution in [2.75, 3.05) is 0 Å². The highest BCUT2D eigenvalue weighted by atomic mass is 16.5. The lowest BCUT2D eigenvalue weighted by molar-refractivity contribution is 0.0683. The number of carbonyl (C=O) groups is 6. The molecule has 0 aliphatic rings. The molecule has 0 bridgehead atoms. The summed E-state index contributed by atoms with van der Waals surface area (Å²) >= 11 is 0. The Bertz CT molecular complexity index is 1540. The van der Waals surface area contributed by atoms with Crippen LogP contribution in [0.1, 0.15) is 62.1 Å². The van der Waals surface area contributed by atoms with Gasteiger partial charge in [0.05, 0.1) is 33.4 Å². The van der Waals surface area contributed by atoms with Gasteiger partial charge in [0.25, 0.3) is 0 Å². The number of ether oxygens (including phenoxy) is 3. The lowest BCUT2D eigenvalue weighted by Gasteiger charge is -2.11. The van der Waals surface area contributed by atoms with E-state index in [1.807, 2.05) is 0 Å². The molecule has 0 heterocycles. The SMILES string of the molecule is O=C(O)c1cccc(OC(=O)c2cc(C(=O)Oc3cccc(C(=O)O)c3)cc(C(=O)Oc3cccc(C(=O)O)c3)c2)c1. The minimum atomic E-state index is -1.26. The highest BCUT2D eigenvalue weighted by Gasteiger charge is 2.21. The highest BCUT2D eigenvalue weighted by molar-refractivity contribution is 6.02. The maximum atomic E-state index is 13.0. The summed E-state index contributed by atoms with van der Waals surface area (Å²) in [6.07, 6.45) is 0. The number of benzene rings is 4. The van der Waals surface area contributed by atoms with Crippen LogP contribution in [0.25, 0.3) is 0 Å². The summed E-state index contributed by atoms with van der Waals surface area (Å²) in [6.45, 7) is 0. The molecule has 0 spiro atoms. The van der Waals surface area contributed by atoms with Gasteiger partial charge in [0.1, 0.15) is 17.2 Å². The third-order valence-electron chi connectivity index (χ3n) is 5.51. The van der Waals surface area contributed by atoms with Crippen molar-refractivity contribution in [2.45, 2.75) is 0 Å². The zero-order valence-corrected chi connectivity index (χ0v) is 21.2. The molecule has 0 atom stereocenters. The van der Waals surface area contributed by atoms with E-state index in [0.29, 0.717) is 0 Å². The fraction of sp³-hybridized carbons (Fsp3) is 0. The van der Waals surface area contributed by atoms with Crippen molar-refractivity contribution in [1.29, 1.82) is 0 Å². The lowest BCUT2D eigenvalue weighted by atomic mass is 10.1. The third-order valence-corrected chi connectivity index (χ3v) is 5.51. The Morgan fingerprint density at radius 1 is 0.381 bits per heavy atom. The van der Waals surface area contributed by atoms with Gasteiger partial charge in [-0.1, -0.05) is 18.2 Å². The minimum absolute atomic E-state index is 0.132. The number of aromatic carboxylic acids is 3. The summed E-state index contributed by atoms with van der Waals surface area (Å²) in [7, 11) is 0. The van der Waals surface area contributed by atoms with Crippen molar-refractivity contribution in [1.82, 2.24) is 0 Å². The van der Waals surface area contributed by atoms with E-state index >= 15 is 0 Å². The zero-order valence-electron chi connectivity index (χ0n) is 21.2. The van der Waals surface area contributed by atoms with Crippen LogP contribution in [0.4, 0.5) is 0 Å². The molecule has 0 aromatic heterocycles. The molecular formula is C30H18O12. The molecule has 0 amide bonds. The standard InChI is InChI=1S/C30H18O12/c31-25(32)16-4-1-7-22(13-16)40-28(37)19-10-20(29(38)41-23-8-2-5-17(14-23)26(33)34)12-21(11-19)30(39)42-24-9-3-6-18(15-24)27(35)36/h1-15H,(H,31,32)(H,33,34)(H,35,36). The van der Waals surface area contributed by atoms with Crippen molar-refractivity contribution in [3.8, 4) is 17.2 Å². The molecule has 4 aromatic rings. The molecule has 210 valence electrons. The van der Waals surface area contributed by atoms with Crippen LogP contribution >= 0.6 is 0 Å². The number of rotatable bonds is 9. The van der Waals surface area contributed by atoms with Crippen LogP contribution in [0.5, 0.6) is 17.2 Å². The summed E-state index contributed by atoms with van der Waals surface area (Å²) in [4.78, 5) is 72.8. The first-order valence-electron chi connectivity index (χ1n) is 11.8. The minimum Gasteiger partial charge on any atom is -0.478 e. The van der Waals surface area contributed by atoms with Gasteiger partial charge in [0.2, 0.25) is 0 Å². The Morgan fingerprint density at radius 3 is 0.881 bits per heavy atom. The Balaban J connectivity index is 1.68. The summed E-state index contributed by atoms with van der Waals surface area (Å²) in [6, 6.07) is 18.3. The first-order chi connectivity index (χ1) is 20.0. The van der Waals surface area contributed by atoms with Crippen molar-refractivity contribution in [3.63, 3.8) is 0 Å². The summed E-state index contributed by atoms with van der Waals surface area (Å²) in [5.41, 5.74) is -1.45. The zero-order chi connectivity index (χ0) is 30.4. The third kappa shape index (κ3) is 7.01. The predicted octanol–water partition coefficient (Wildman–Crippen LogP) is 4.44. The van der Waals surface area contributed by atoms with Crippen LogP contribution in [-0.4, -0.2) is 51.1 Å². The summed E-state index contributed by atoms with van der Waals surface area (Å²) in [5, 5.41) is 27.6. The van der Waals surface area contributed by atoms with E-state index in [9.17, 15) is 44.1 Å². The molecule has 4 rings (SSSR count). The van der Waals surface area contributed by atoms with Crippen molar-refractivity contribution in [2.24, 2.45) is 0 Å². The van der Waals surface area contributed by atoms with Crippen LogP contribution in [0.2, 0.25) is 0 Å². The summed E-state index contributed by atoms with van der Waals surface area (Å²) < 4.78 is 15.7.